The molecule has 1 aliphatic heterocycles. The number of carbonyl (C=O) groups is 1. The van der Waals surface area contributed by atoms with Crippen molar-refractivity contribution in [3.63, 3.8) is 0 Å². The molecule has 5 nitrogen and oxygen atoms in total. The first-order chi connectivity index (χ1) is 11.2. The van der Waals surface area contributed by atoms with Gasteiger partial charge in [0.15, 0.2) is 14.6 Å². The molecule has 0 spiro atoms. The minimum absolute atomic E-state index is 0. The second-order valence-electron chi connectivity index (χ2n) is 6.29. The lowest BCUT2D eigenvalue weighted by Gasteiger charge is -2.34. The second kappa shape index (κ2) is 8.42. The molecule has 0 aliphatic carbocycles. The highest BCUT2D eigenvalue weighted by atomic mass is 35.5. The standard InChI is InChI=1S/C16H22F2N2O3S.ClH/c1-11(13-4-3-12(17)9-14(13)18)10-20-15(21)16(24(2,22)23)5-7-19-8-6-16;/h3-4,9,11,19H,5-8,10H2,1-2H3,(H,20,21);1H. The van der Waals surface area contributed by atoms with E-state index in [-0.39, 0.29) is 37.4 Å². The Kier molecular flexibility index (Phi) is 7.34. The lowest BCUT2D eigenvalue weighted by molar-refractivity contribution is -0.124. The van der Waals surface area contributed by atoms with Crippen LogP contribution in [0.15, 0.2) is 18.2 Å². The summed E-state index contributed by atoms with van der Waals surface area (Å²) in [6.07, 6.45) is 1.48. The van der Waals surface area contributed by atoms with E-state index in [4.69, 9.17) is 0 Å². The largest absolute Gasteiger partial charge is 0.354 e. The third kappa shape index (κ3) is 4.68. The maximum absolute atomic E-state index is 13.8. The number of piperidine rings is 1. The first kappa shape index (κ1) is 21.8. The molecule has 1 aromatic rings. The quantitative estimate of drug-likeness (QED) is 0.795. The molecule has 0 aromatic heterocycles. The van der Waals surface area contributed by atoms with Crippen LogP contribution in [0.25, 0.3) is 0 Å². The summed E-state index contributed by atoms with van der Waals surface area (Å²) in [7, 11) is -3.59. The fourth-order valence-electron chi connectivity index (χ4n) is 3.01. The molecular weight excluding hydrogens is 374 g/mol. The monoisotopic (exact) mass is 396 g/mol. The Morgan fingerprint density at radius 1 is 1.32 bits per heavy atom. The molecule has 1 heterocycles. The van der Waals surface area contributed by atoms with Crippen LogP contribution in [0.2, 0.25) is 0 Å². The van der Waals surface area contributed by atoms with Crippen LogP contribution in [0.1, 0.15) is 31.2 Å². The molecule has 0 radical (unpaired) electrons. The maximum Gasteiger partial charge on any atom is 0.241 e. The molecule has 25 heavy (non-hydrogen) atoms. The van der Waals surface area contributed by atoms with Crippen LogP contribution in [-0.4, -0.2) is 45.0 Å². The molecule has 0 saturated carbocycles. The van der Waals surface area contributed by atoms with E-state index in [2.05, 4.69) is 10.6 Å². The van der Waals surface area contributed by atoms with E-state index in [0.29, 0.717) is 13.1 Å². The predicted molar refractivity (Wildman–Crippen MR) is 94.7 cm³/mol. The van der Waals surface area contributed by atoms with Gasteiger partial charge in [-0.05, 0) is 37.6 Å². The Morgan fingerprint density at radius 2 is 1.92 bits per heavy atom. The second-order valence-corrected chi connectivity index (χ2v) is 8.62. The van der Waals surface area contributed by atoms with E-state index in [0.717, 1.165) is 18.4 Å². The average molecular weight is 397 g/mol. The maximum atomic E-state index is 13.8. The molecule has 0 bridgehead atoms. The average Bonchev–Trinajstić information content (AvgIpc) is 2.52. The Hall–Kier alpha value is -1.25. The summed E-state index contributed by atoms with van der Waals surface area (Å²) < 4.78 is 49.6. The lowest BCUT2D eigenvalue weighted by atomic mass is 9.95. The molecule has 1 fully saturated rings. The molecule has 1 saturated heterocycles. The Balaban J connectivity index is 0.00000312. The van der Waals surface area contributed by atoms with Gasteiger partial charge in [0.1, 0.15) is 11.6 Å². The van der Waals surface area contributed by atoms with E-state index in [1.807, 2.05) is 0 Å². The third-order valence-electron chi connectivity index (χ3n) is 4.60. The van der Waals surface area contributed by atoms with Crippen molar-refractivity contribution >= 4 is 28.2 Å². The van der Waals surface area contributed by atoms with Gasteiger partial charge in [-0.1, -0.05) is 13.0 Å². The number of carbonyl (C=O) groups excluding carboxylic acids is 1. The first-order valence-corrected chi connectivity index (χ1v) is 9.70. The van der Waals surface area contributed by atoms with Gasteiger partial charge in [0.2, 0.25) is 5.91 Å². The van der Waals surface area contributed by atoms with Crippen molar-refractivity contribution < 1.29 is 22.0 Å². The van der Waals surface area contributed by atoms with Gasteiger partial charge >= 0.3 is 0 Å². The smallest absolute Gasteiger partial charge is 0.241 e. The van der Waals surface area contributed by atoms with E-state index in [9.17, 15) is 22.0 Å². The zero-order valence-corrected chi connectivity index (χ0v) is 15.8. The van der Waals surface area contributed by atoms with Crippen LogP contribution >= 0.6 is 12.4 Å². The van der Waals surface area contributed by atoms with E-state index in [1.54, 1.807) is 6.92 Å². The number of rotatable bonds is 5. The van der Waals surface area contributed by atoms with Crippen molar-refractivity contribution in [3.8, 4) is 0 Å². The summed E-state index contributed by atoms with van der Waals surface area (Å²) in [4.78, 5) is 12.6. The van der Waals surface area contributed by atoms with E-state index in [1.165, 1.54) is 6.07 Å². The zero-order chi connectivity index (χ0) is 18.0. The van der Waals surface area contributed by atoms with Crippen molar-refractivity contribution in [2.24, 2.45) is 0 Å². The normalized spacial score (nSPS) is 18.1. The molecule has 1 atom stereocenters. The van der Waals surface area contributed by atoms with Crippen LogP contribution in [0.5, 0.6) is 0 Å². The van der Waals surface area contributed by atoms with Crippen molar-refractivity contribution in [1.82, 2.24) is 10.6 Å². The van der Waals surface area contributed by atoms with Gasteiger partial charge in [-0.2, -0.15) is 0 Å². The lowest BCUT2D eigenvalue weighted by Crippen LogP contribution is -2.57. The molecule has 9 heteroatoms. The van der Waals surface area contributed by atoms with Gasteiger partial charge in [0, 0.05) is 24.8 Å². The van der Waals surface area contributed by atoms with Gasteiger partial charge in [0.05, 0.1) is 0 Å². The summed E-state index contributed by atoms with van der Waals surface area (Å²) in [5.41, 5.74) is 0.274. The number of amides is 1. The van der Waals surface area contributed by atoms with E-state index < -0.39 is 38.0 Å². The van der Waals surface area contributed by atoms with Crippen LogP contribution in [-0.2, 0) is 14.6 Å². The van der Waals surface area contributed by atoms with Crippen LogP contribution < -0.4 is 10.6 Å². The fraction of sp³-hybridized carbons (Fsp3) is 0.562. The van der Waals surface area contributed by atoms with Crippen molar-refractivity contribution in [2.45, 2.75) is 30.4 Å². The fourth-order valence-corrected chi connectivity index (χ4v) is 4.37. The topological polar surface area (TPSA) is 75.3 Å². The molecule has 1 aromatic carbocycles. The number of benzene rings is 1. The predicted octanol–water partition coefficient (Wildman–Crippen LogP) is 1.77. The highest BCUT2D eigenvalue weighted by Gasteiger charge is 2.48. The summed E-state index contributed by atoms with van der Waals surface area (Å²) in [6, 6.07) is 3.28. The number of halogens is 3. The number of nitrogens with one attached hydrogen (secondary N) is 2. The van der Waals surface area contributed by atoms with Gasteiger partial charge < -0.3 is 10.6 Å². The van der Waals surface area contributed by atoms with Gasteiger partial charge in [-0.3, -0.25) is 4.79 Å². The van der Waals surface area contributed by atoms with Crippen molar-refractivity contribution in [2.75, 3.05) is 25.9 Å². The molecule has 1 aliphatic rings. The van der Waals surface area contributed by atoms with E-state index >= 15 is 0 Å². The molecule has 1 amide bonds. The minimum atomic E-state index is -3.59. The zero-order valence-electron chi connectivity index (χ0n) is 14.1. The Bertz CT molecular complexity index is 722. The molecule has 2 rings (SSSR count). The van der Waals surface area contributed by atoms with Crippen molar-refractivity contribution in [3.05, 3.63) is 35.4 Å². The SMILES string of the molecule is CC(CNC(=O)C1(S(C)(=O)=O)CCNCC1)c1ccc(F)cc1F.Cl. The Labute approximate surface area is 152 Å². The molecule has 2 N–H and O–H groups in total. The molecule has 142 valence electrons. The third-order valence-corrected chi connectivity index (χ3v) is 6.61. The molecular formula is C16H23ClF2N2O3S. The Morgan fingerprint density at radius 3 is 2.44 bits per heavy atom. The number of sulfone groups is 1. The van der Waals surface area contributed by atoms with Crippen molar-refractivity contribution in [1.29, 1.82) is 0 Å². The van der Waals surface area contributed by atoms with Gasteiger partial charge in [0.25, 0.3) is 0 Å². The van der Waals surface area contributed by atoms with Crippen LogP contribution in [0.3, 0.4) is 0 Å². The molecule has 1 unspecified atom stereocenters. The first-order valence-electron chi connectivity index (χ1n) is 7.81. The minimum Gasteiger partial charge on any atom is -0.354 e. The summed E-state index contributed by atoms with van der Waals surface area (Å²) >= 11 is 0. The highest BCUT2D eigenvalue weighted by molar-refractivity contribution is 7.92. The van der Waals surface area contributed by atoms with Crippen LogP contribution in [0, 0.1) is 11.6 Å². The summed E-state index contributed by atoms with van der Waals surface area (Å²) in [5.74, 6) is -2.32. The van der Waals surface area contributed by atoms with Gasteiger partial charge in [-0.25, -0.2) is 17.2 Å². The van der Waals surface area contributed by atoms with Crippen LogP contribution in [0.4, 0.5) is 8.78 Å². The highest BCUT2D eigenvalue weighted by Crippen LogP contribution is 2.28. The summed E-state index contributed by atoms with van der Waals surface area (Å²) in [6.45, 7) is 2.66. The number of hydrogen-bond acceptors (Lipinski definition) is 4. The number of hydrogen-bond donors (Lipinski definition) is 2. The summed E-state index contributed by atoms with van der Waals surface area (Å²) in [5, 5.41) is 5.67. The van der Waals surface area contributed by atoms with Gasteiger partial charge in [-0.15, -0.1) is 12.4 Å².